The molecule has 6 heteroatoms. The fraction of sp³-hybridized carbons (Fsp3) is 0.409. The first-order valence-corrected chi connectivity index (χ1v) is 10.8. The largest absolute Gasteiger partial charge is 0.461 e. The summed E-state index contributed by atoms with van der Waals surface area (Å²) in [5, 5.41) is 0.551. The molecule has 1 aromatic carbocycles. The molecular weight excluding hydrogens is 372 g/mol. The molecule has 0 N–H and O–H groups in total. The Morgan fingerprint density at radius 1 is 1.25 bits per heavy atom. The van der Waals surface area contributed by atoms with Crippen LogP contribution in [0, 0.1) is 0 Å². The van der Waals surface area contributed by atoms with E-state index in [1.54, 1.807) is 0 Å². The Balaban J connectivity index is 1.64. The van der Waals surface area contributed by atoms with Crippen LogP contribution in [0.5, 0.6) is 0 Å². The molecule has 0 amide bonds. The first-order valence-electron chi connectivity index (χ1n) is 9.94. The maximum Gasteiger partial charge on any atom is 0.329 e. The van der Waals surface area contributed by atoms with Crippen LogP contribution in [0.15, 0.2) is 47.5 Å². The van der Waals surface area contributed by atoms with Crippen LogP contribution in [0.1, 0.15) is 51.5 Å². The number of benzene rings is 1. The summed E-state index contributed by atoms with van der Waals surface area (Å²) in [6, 6.07) is 11.2. The van der Waals surface area contributed by atoms with Gasteiger partial charge in [-0.1, -0.05) is 43.7 Å². The molecule has 1 atom stereocenters. The number of carbonyl (C=O) groups excluding carboxylic acids is 1. The zero-order chi connectivity index (χ0) is 19.5. The highest BCUT2D eigenvalue weighted by atomic mass is 32.1. The minimum absolute atomic E-state index is 0.0199. The van der Waals surface area contributed by atoms with Crippen molar-refractivity contribution >= 4 is 27.5 Å². The van der Waals surface area contributed by atoms with E-state index >= 15 is 0 Å². The molecule has 1 unspecified atom stereocenters. The molecule has 0 radical (unpaired) electrons. The highest BCUT2D eigenvalue weighted by molar-refractivity contribution is 7.21. The minimum Gasteiger partial charge on any atom is -0.461 e. The lowest BCUT2D eigenvalue weighted by atomic mass is 9.98. The topological polar surface area (TPSA) is 61.2 Å². The molecule has 1 aliphatic carbocycles. The zero-order valence-electron chi connectivity index (χ0n) is 16.0. The van der Waals surface area contributed by atoms with E-state index in [0.717, 1.165) is 36.1 Å². The summed E-state index contributed by atoms with van der Waals surface area (Å²) in [4.78, 5) is 32.0. The summed E-state index contributed by atoms with van der Waals surface area (Å²) >= 11 is 1.49. The van der Waals surface area contributed by atoms with Gasteiger partial charge in [0.05, 0.1) is 11.7 Å². The first kappa shape index (κ1) is 18.9. The van der Waals surface area contributed by atoms with Crippen molar-refractivity contribution in [3.63, 3.8) is 0 Å². The standard InChI is InChI=1S/C22H24N2O3S/c1-2-18(22(26)27-16-11-7-4-8-12-16)24-14-23-20-17(21(24)25)13-19(28-20)15-9-5-3-6-10-15/h3,5-6,9-10,13-14,16,18H,2,4,7-8,11-12H2,1H3. The average Bonchev–Trinajstić information content (AvgIpc) is 3.17. The van der Waals surface area contributed by atoms with Gasteiger partial charge >= 0.3 is 5.97 Å². The number of rotatable bonds is 5. The molecule has 1 fully saturated rings. The monoisotopic (exact) mass is 396 g/mol. The lowest BCUT2D eigenvalue weighted by molar-refractivity contribution is -0.154. The maximum atomic E-state index is 13.1. The highest BCUT2D eigenvalue weighted by Crippen LogP contribution is 2.31. The summed E-state index contributed by atoms with van der Waals surface area (Å²) in [6.45, 7) is 1.90. The Labute approximate surface area is 168 Å². The average molecular weight is 397 g/mol. The molecule has 4 rings (SSSR count). The van der Waals surface area contributed by atoms with Gasteiger partial charge in [0.25, 0.3) is 5.56 Å². The lowest BCUT2D eigenvalue weighted by Crippen LogP contribution is -2.33. The number of aromatic nitrogens is 2. The van der Waals surface area contributed by atoms with E-state index in [1.165, 1.54) is 28.7 Å². The number of hydrogen-bond donors (Lipinski definition) is 0. The third kappa shape index (κ3) is 3.74. The SMILES string of the molecule is CCC(C(=O)OC1CCCCC1)n1cnc2sc(-c3ccccc3)cc2c1=O. The van der Waals surface area contributed by atoms with E-state index in [1.807, 2.05) is 43.3 Å². The normalized spacial score (nSPS) is 16.2. The molecule has 0 spiro atoms. The fourth-order valence-electron chi connectivity index (χ4n) is 3.81. The molecule has 2 aromatic heterocycles. The Morgan fingerprint density at radius 3 is 2.71 bits per heavy atom. The van der Waals surface area contributed by atoms with Gasteiger partial charge in [-0.05, 0) is 43.7 Å². The van der Waals surface area contributed by atoms with Gasteiger partial charge in [0.1, 0.15) is 17.0 Å². The smallest absolute Gasteiger partial charge is 0.329 e. The van der Waals surface area contributed by atoms with Gasteiger partial charge in [-0.3, -0.25) is 9.36 Å². The molecule has 1 aliphatic rings. The van der Waals surface area contributed by atoms with Gasteiger partial charge in [0.15, 0.2) is 0 Å². The van der Waals surface area contributed by atoms with Crippen LogP contribution >= 0.6 is 11.3 Å². The van der Waals surface area contributed by atoms with E-state index < -0.39 is 6.04 Å². The van der Waals surface area contributed by atoms with Crippen LogP contribution in [0.4, 0.5) is 0 Å². The Morgan fingerprint density at radius 2 is 2.00 bits per heavy atom. The van der Waals surface area contributed by atoms with E-state index in [2.05, 4.69) is 4.98 Å². The van der Waals surface area contributed by atoms with Gasteiger partial charge in [0.2, 0.25) is 0 Å². The van der Waals surface area contributed by atoms with Crippen LogP contribution in [-0.4, -0.2) is 21.6 Å². The van der Waals surface area contributed by atoms with Crippen molar-refractivity contribution < 1.29 is 9.53 Å². The third-order valence-electron chi connectivity index (χ3n) is 5.36. The molecule has 1 saturated carbocycles. The van der Waals surface area contributed by atoms with Gasteiger partial charge in [0, 0.05) is 4.88 Å². The maximum absolute atomic E-state index is 13.1. The third-order valence-corrected chi connectivity index (χ3v) is 6.46. The summed E-state index contributed by atoms with van der Waals surface area (Å²) in [7, 11) is 0. The van der Waals surface area contributed by atoms with Crippen molar-refractivity contribution in [1.82, 2.24) is 9.55 Å². The van der Waals surface area contributed by atoms with Crippen LogP contribution in [-0.2, 0) is 9.53 Å². The summed E-state index contributed by atoms with van der Waals surface area (Å²) in [6.07, 6.45) is 7.19. The Kier molecular flexibility index (Phi) is 5.57. The summed E-state index contributed by atoms with van der Waals surface area (Å²) < 4.78 is 7.16. The van der Waals surface area contributed by atoms with Crippen molar-refractivity contribution in [2.45, 2.75) is 57.6 Å². The van der Waals surface area contributed by atoms with Gasteiger partial charge in [-0.2, -0.15) is 0 Å². The Bertz CT molecular complexity index is 1020. The second kappa shape index (κ2) is 8.27. The minimum atomic E-state index is -0.633. The van der Waals surface area contributed by atoms with E-state index in [4.69, 9.17) is 4.74 Å². The predicted molar refractivity (Wildman–Crippen MR) is 112 cm³/mol. The van der Waals surface area contributed by atoms with Gasteiger partial charge in [-0.25, -0.2) is 9.78 Å². The highest BCUT2D eigenvalue weighted by Gasteiger charge is 2.26. The second-order valence-electron chi connectivity index (χ2n) is 7.27. The fourth-order valence-corrected chi connectivity index (χ4v) is 4.80. The van der Waals surface area contributed by atoms with Crippen LogP contribution in [0.25, 0.3) is 20.7 Å². The number of ether oxygens (including phenoxy) is 1. The molecule has 0 saturated heterocycles. The second-order valence-corrected chi connectivity index (χ2v) is 8.30. The number of nitrogens with zero attached hydrogens (tertiary/aromatic N) is 2. The molecule has 0 bridgehead atoms. The first-order chi connectivity index (χ1) is 13.7. The molecule has 3 aromatic rings. The van der Waals surface area contributed by atoms with Gasteiger partial charge < -0.3 is 4.74 Å². The van der Waals surface area contributed by atoms with Gasteiger partial charge in [-0.15, -0.1) is 11.3 Å². The van der Waals surface area contributed by atoms with Crippen LogP contribution < -0.4 is 5.56 Å². The van der Waals surface area contributed by atoms with E-state index in [-0.39, 0.29) is 17.6 Å². The van der Waals surface area contributed by atoms with E-state index in [0.29, 0.717) is 16.6 Å². The van der Waals surface area contributed by atoms with Crippen LogP contribution in [0.3, 0.4) is 0 Å². The van der Waals surface area contributed by atoms with Crippen molar-refractivity contribution in [3.8, 4) is 10.4 Å². The zero-order valence-corrected chi connectivity index (χ0v) is 16.8. The molecule has 28 heavy (non-hydrogen) atoms. The number of hydrogen-bond acceptors (Lipinski definition) is 5. The van der Waals surface area contributed by atoms with Crippen molar-refractivity contribution in [2.75, 3.05) is 0 Å². The summed E-state index contributed by atoms with van der Waals surface area (Å²) in [5.41, 5.74) is 0.871. The molecule has 5 nitrogen and oxygen atoms in total. The number of fused-ring (bicyclic) bond motifs is 1. The summed E-state index contributed by atoms with van der Waals surface area (Å²) in [5.74, 6) is -0.323. The molecule has 146 valence electrons. The molecule has 2 heterocycles. The van der Waals surface area contributed by atoms with Crippen molar-refractivity contribution in [2.24, 2.45) is 0 Å². The van der Waals surface area contributed by atoms with Crippen molar-refractivity contribution in [1.29, 1.82) is 0 Å². The van der Waals surface area contributed by atoms with Crippen molar-refractivity contribution in [3.05, 3.63) is 53.1 Å². The Hall–Kier alpha value is -2.47. The van der Waals surface area contributed by atoms with E-state index in [9.17, 15) is 9.59 Å². The molecule has 0 aliphatic heterocycles. The molecular formula is C22H24N2O3S. The van der Waals surface area contributed by atoms with Crippen LogP contribution in [0.2, 0.25) is 0 Å². The number of carbonyl (C=O) groups is 1. The number of thiophene rings is 1. The predicted octanol–water partition coefficient (Wildman–Crippen LogP) is 4.95. The quantitative estimate of drug-likeness (QED) is 0.572. The number of esters is 1. The lowest BCUT2D eigenvalue weighted by Gasteiger charge is -2.24.